The Hall–Kier alpha value is -1.84. The van der Waals surface area contributed by atoms with Crippen molar-refractivity contribution in [3.63, 3.8) is 0 Å². The number of amides is 1. The molecule has 2 rings (SSSR count). The number of hydrogen-bond acceptors (Lipinski definition) is 6. The molecule has 0 unspecified atom stereocenters. The van der Waals surface area contributed by atoms with E-state index in [1.165, 1.54) is 12.3 Å². The van der Waals surface area contributed by atoms with Gasteiger partial charge < -0.3 is 11.1 Å². The molecule has 1 fully saturated rings. The van der Waals surface area contributed by atoms with Gasteiger partial charge >= 0.3 is 0 Å². The van der Waals surface area contributed by atoms with Gasteiger partial charge in [0.1, 0.15) is 0 Å². The molecular formula is C18H28N4O4S. The first kappa shape index (κ1) is 21.5. The molecule has 150 valence electrons. The summed E-state index contributed by atoms with van der Waals surface area (Å²) in [7, 11) is -3.85. The zero-order chi connectivity index (χ0) is 20.2. The molecule has 3 N–H and O–H groups in total. The topological polar surface area (TPSA) is 122 Å². The number of carbonyl (C=O) groups excluding carboxylic acids is 2. The lowest BCUT2D eigenvalue weighted by atomic mass is 9.88. The lowest BCUT2D eigenvalue weighted by molar-refractivity contribution is -0.128. The third kappa shape index (κ3) is 5.82. The van der Waals surface area contributed by atoms with Gasteiger partial charge in [0.15, 0.2) is 10.8 Å². The summed E-state index contributed by atoms with van der Waals surface area (Å²) in [5.74, 6) is -0.729. The number of nitrogens with two attached hydrogens (primary N) is 1. The minimum Gasteiger partial charge on any atom is -0.345 e. The molecule has 1 saturated heterocycles. The van der Waals surface area contributed by atoms with E-state index in [1.54, 1.807) is 12.1 Å². The van der Waals surface area contributed by atoms with Crippen molar-refractivity contribution < 1.29 is 18.0 Å². The molecule has 8 nitrogen and oxygen atoms in total. The van der Waals surface area contributed by atoms with Gasteiger partial charge in [-0.05, 0) is 36.8 Å². The Balaban J connectivity index is 2.05. The summed E-state index contributed by atoms with van der Waals surface area (Å²) < 4.78 is 26.5. The van der Waals surface area contributed by atoms with Crippen LogP contribution in [0, 0.1) is 5.41 Å². The van der Waals surface area contributed by atoms with Crippen molar-refractivity contribution in [3.05, 3.63) is 24.4 Å². The normalized spacial score (nSPS) is 20.7. The van der Waals surface area contributed by atoms with Crippen molar-refractivity contribution in [1.29, 1.82) is 0 Å². The van der Waals surface area contributed by atoms with Crippen LogP contribution in [-0.2, 0) is 19.6 Å². The van der Waals surface area contributed by atoms with Gasteiger partial charge in [-0.1, -0.05) is 26.8 Å². The summed E-state index contributed by atoms with van der Waals surface area (Å²) in [6.07, 6.45) is 2.71. The van der Waals surface area contributed by atoms with Crippen molar-refractivity contribution in [2.75, 3.05) is 13.1 Å². The molecule has 0 spiro atoms. The van der Waals surface area contributed by atoms with Crippen LogP contribution in [0.4, 0.5) is 0 Å². The highest BCUT2D eigenvalue weighted by molar-refractivity contribution is 7.89. The first-order valence-electron chi connectivity index (χ1n) is 9.00. The Morgan fingerprint density at radius 1 is 1.41 bits per heavy atom. The van der Waals surface area contributed by atoms with Crippen LogP contribution in [0.2, 0.25) is 0 Å². The van der Waals surface area contributed by atoms with E-state index in [-0.39, 0.29) is 35.2 Å². The number of rotatable bonds is 5. The van der Waals surface area contributed by atoms with Gasteiger partial charge in [-0.2, -0.15) is 4.31 Å². The summed E-state index contributed by atoms with van der Waals surface area (Å²) in [5.41, 5.74) is 5.83. The van der Waals surface area contributed by atoms with E-state index in [4.69, 9.17) is 5.73 Å². The van der Waals surface area contributed by atoms with Crippen LogP contribution in [0.3, 0.4) is 0 Å². The second-order valence-electron chi connectivity index (χ2n) is 8.05. The lowest BCUT2D eigenvalue weighted by Crippen LogP contribution is -2.50. The molecule has 27 heavy (non-hydrogen) atoms. The van der Waals surface area contributed by atoms with E-state index in [2.05, 4.69) is 10.3 Å². The van der Waals surface area contributed by atoms with E-state index >= 15 is 0 Å². The average Bonchev–Trinajstić information content (AvgIpc) is 2.76. The Morgan fingerprint density at radius 2 is 2.11 bits per heavy atom. The fraction of sp³-hybridized carbons (Fsp3) is 0.611. The summed E-state index contributed by atoms with van der Waals surface area (Å²) in [6.45, 7) is 5.86. The zero-order valence-corrected chi connectivity index (χ0v) is 16.8. The number of pyridine rings is 1. The van der Waals surface area contributed by atoms with Gasteiger partial charge in [0.05, 0.1) is 18.6 Å². The lowest BCUT2D eigenvalue weighted by Gasteiger charge is -2.24. The molecule has 0 aromatic carbocycles. The molecule has 9 heteroatoms. The van der Waals surface area contributed by atoms with E-state index in [0.29, 0.717) is 19.3 Å². The molecule has 1 aliphatic rings. The predicted molar refractivity (Wildman–Crippen MR) is 101 cm³/mol. The minimum atomic E-state index is -3.85. The van der Waals surface area contributed by atoms with E-state index < -0.39 is 22.1 Å². The third-order valence-corrected chi connectivity index (χ3v) is 6.11. The largest absolute Gasteiger partial charge is 0.345 e. The van der Waals surface area contributed by atoms with Crippen LogP contribution >= 0.6 is 0 Å². The Bertz CT molecular complexity index is 774. The molecule has 0 aliphatic carbocycles. The first-order valence-corrected chi connectivity index (χ1v) is 10.4. The van der Waals surface area contributed by atoms with Gasteiger partial charge in [-0.3, -0.25) is 9.59 Å². The number of nitrogens with one attached hydrogen (secondary N) is 1. The highest BCUT2D eigenvalue weighted by atomic mass is 32.2. The Kier molecular flexibility index (Phi) is 6.72. The van der Waals surface area contributed by atoms with E-state index in [1.807, 2.05) is 20.8 Å². The maximum absolute atomic E-state index is 12.7. The van der Waals surface area contributed by atoms with Crippen LogP contribution in [0.5, 0.6) is 0 Å². The van der Waals surface area contributed by atoms with Crippen molar-refractivity contribution in [2.45, 2.75) is 57.1 Å². The van der Waals surface area contributed by atoms with Crippen molar-refractivity contribution in [3.8, 4) is 0 Å². The smallest absolute Gasteiger partial charge is 0.260 e. The molecular weight excluding hydrogens is 368 g/mol. The minimum absolute atomic E-state index is 0.0903. The molecule has 0 bridgehead atoms. The standard InChI is InChI=1S/C18H28N4O4S/c1-18(2,3)11-13(19)17(24)21-14-7-6-10-22(12-15(14)23)27(25,26)16-8-4-5-9-20-16/h4-5,8-9,13-14H,6-7,10-12,19H2,1-3H3,(H,21,24)/t13-,14-/m0/s1. The van der Waals surface area contributed by atoms with E-state index in [9.17, 15) is 18.0 Å². The summed E-state index contributed by atoms with van der Waals surface area (Å²) in [6, 6.07) is 3.16. The average molecular weight is 397 g/mol. The summed E-state index contributed by atoms with van der Waals surface area (Å²) in [5, 5.41) is 2.60. The molecule has 1 aromatic rings. The second-order valence-corrected chi connectivity index (χ2v) is 9.93. The number of aromatic nitrogens is 1. The van der Waals surface area contributed by atoms with Crippen LogP contribution in [0.15, 0.2) is 29.4 Å². The third-order valence-electron chi connectivity index (χ3n) is 4.35. The Morgan fingerprint density at radius 3 is 2.70 bits per heavy atom. The fourth-order valence-corrected chi connectivity index (χ4v) is 4.39. The van der Waals surface area contributed by atoms with Crippen molar-refractivity contribution in [2.24, 2.45) is 11.1 Å². The predicted octanol–water partition coefficient (Wildman–Crippen LogP) is 0.684. The van der Waals surface area contributed by atoms with Gasteiger partial charge in [-0.25, -0.2) is 13.4 Å². The van der Waals surface area contributed by atoms with Crippen LogP contribution in [-0.4, -0.2) is 54.6 Å². The number of sulfonamides is 1. The SMILES string of the molecule is CC(C)(C)C[C@H](N)C(=O)N[C@H]1CCCN(S(=O)(=O)c2ccccn2)CC1=O. The number of nitrogens with zero attached hydrogens (tertiary/aromatic N) is 2. The van der Waals surface area contributed by atoms with Gasteiger partial charge in [0, 0.05) is 12.7 Å². The summed E-state index contributed by atoms with van der Waals surface area (Å²) in [4.78, 5) is 28.8. The summed E-state index contributed by atoms with van der Waals surface area (Å²) >= 11 is 0. The molecule has 0 saturated carbocycles. The molecule has 1 amide bonds. The first-order chi connectivity index (χ1) is 12.5. The number of Topliss-reactive ketones (excluding diaryl/α,β-unsaturated/α-hetero) is 1. The quantitative estimate of drug-likeness (QED) is 0.755. The number of hydrogen-bond donors (Lipinski definition) is 2. The van der Waals surface area contributed by atoms with Crippen molar-refractivity contribution in [1.82, 2.24) is 14.6 Å². The maximum atomic E-state index is 12.7. The van der Waals surface area contributed by atoms with Crippen LogP contribution in [0.25, 0.3) is 0 Å². The van der Waals surface area contributed by atoms with Gasteiger partial charge in [-0.15, -0.1) is 0 Å². The highest BCUT2D eigenvalue weighted by Gasteiger charge is 2.34. The maximum Gasteiger partial charge on any atom is 0.260 e. The van der Waals surface area contributed by atoms with Gasteiger partial charge in [0.2, 0.25) is 5.91 Å². The molecule has 0 radical (unpaired) electrons. The Labute approximate surface area is 160 Å². The highest BCUT2D eigenvalue weighted by Crippen LogP contribution is 2.21. The molecule has 2 heterocycles. The molecule has 1 aromatic heterocycles. The zero-order valence-electron chi connectivity index (χ0n) is 16.0. The monoisotopic (exact) mass is 396 g/mol. The second kappa shape index (κ2) is 8.45. The fourth-order valence-electron chi connectivity index (χ4n) is 3.02. The van der Waals surface area contributed by atoms with E-state index in [0.717, 1.165) is 4.31 Å². The number of carbonyl (C=O) groups is 2. The van der Waals surface area contributed by atoms with Crippen LogP contribution in [0.1, 0.15) is 40.0 Å². The molecule has 1 aliphatic heterocycles. The number of ketones is 1. The molecule has 2 atom stereocenters. The van der Waals surface area contributed by atoms with Crippen molar-refractivity contribution >= 4 is 21.7 Å². The van der Waals surface area contributed by atoms with Gasteiger partial charge in [0.25, 0.3) is 10.0 Å². The van der Waals surface area contributed by atoms with Crippen LogP contribution < -0.4 is 11.1 Å².